The standard InChI is InChI=1S/C20H23N5O3S/c1-2-21-20(27)28-14-7-6-12(8-14)16-10-17(25-24-16)23-18(26)9-13-4-3-5-15-19(13)29-11-22-15/h3-5,10-12,14H,2,6-9H2,1H3,(H,21,27)(H2,23,24,25,26)/t12-,14+/m0/s1. The van der Waals surface area contributed by atoms with Gasteiger partial charge in [-0.2, -0.15) is 5.10 Å². The van der Waals surface area contributed by atoms with Crippen molar-refractivity contribution in [3.63, 3.8) is 0 Å². The first-order chi connectivity index (χ1) is 14.1. The SMILES string of the molecule is CCNC(=O)O[C@@H]1CC[C@H](c2cc(NC(=O)Cc3cccc4ncsc34)n[nH]2)C1. The van der Waals surface area contributed by atoms with E-state index >= 15 is 0 Å². The molecule has 9 heteroatoms. The van der Waals surface area contributed by atoms with Gasteiger partial charge in [-0.25, -0.2) is 9.78 Å². The number of ether oxygens (including phenoxy) is 1. The molecule has 1 saturated carbocycles. The fraction of sp³-hybridized carbons (Fsp3) is 0.400. The monoisotopic (exact) mass is 413 g/mol. The van der Waals surface area contributed by atoms with Crippen molar-refractivity contribution in [3.05, 3.63) is 41.0 Å². The third kappa shape index (κ3) is 4.56. The van der Waals surface area contributed by atoms with E-state index in [1.807, 2.05) is 31.2 Å². The molecule has 3 N–H and O–H groups in total. The van der Waals surface area contributed by atoms with E-state index in [2.05, 4.69) is 25.8 Å². The summed E-state index contributed by atoms with van der Waals surface area (Å²) in [6.45, 7) is 2.41. The largest absolute Gasteiger partial charge is 0.446 e. The van der Waals surface area contributed by atoms with Crippen molar-refractivity contribution >= 4 is 39.4 Å². The summed E-state index contributed by atoms with van der Waals surface area (Å²) in [5.41, 5.74) is 4.61. The molecular weight excluding hydrogens is 390 g/mol. The van der Waals surface area contributed by atoms with Crippen molar-refractivity contribution in [1.29, 1.82) is 0 Å². The minimum atomic E-state index is -0.369. The Kier molecular flexibility index (Phi) is 5.75. The summed E-state index contributed by atoms with van der Waals surface area (Å²) in [7, 11) is 0. The predicted molar refractivity (Wildman–Crippen MR) is 111 cm³/mol. The molecule has 0 spiro atoms. The van der Waals surface area contributed by atoms with Crippen LogP contribution in [0.15, 0.2) is 29.8 Å². The summed E-state index contributed by atoms with van der Waals surface area (Å²) in [6, 6.07) is 7.67. The highest BCUT2D eigenvalue weighted by Crippen LogP contribution is 2.35. The highest BCUT2D eigenvalue weighted by molar-refractivity contribution is 7.17. The maximum Gasteiger partial charge on any atom is 0.407 e. The topological polar surface area (TPSA) is 109 Å². The Balaban J connectivity index is 1.33. The van der Waals surface area contributed by atoms with Gasteiger partial charge in [-0.15, -0.1) is 11.3 Å². The maximum atomic E-state index is 12.5. The van der Waals surface area contributed by atoms with E-state index in [1.165, 1.54) is 11.3 Å². The van der Waals surface area contributed by atoms with Gasteiger partial charge in [0.25, 0.3) is 0 Å². The number of carbonyl (C=O) groups is 2. The molecule has 0 saturated heterocycles. The van der Waals surface area contributed by atoms with E-state index < -0.39 is 0 Å². The van der Waals surface area contributed by atoms with E-state index in [0.717, 1.165) is 40.7 Å². The molecule has 2 aromatic heterocycles. The number of aromatic amines is 1. The van der Waals surface area contributed by atoms with Crippen LogP contribution in [-0.4, -0.2) is 39.8 Å². The molecule has 0 unspecified atom stereocenters. The second kappa shape index (κ2) is 8.60. The van der Waals surface area contributed by atoms with Gasteiger partial charge in [0.1, 0.15) is 6.10 Å². The van der Waals surface area contributed by atoms with Crippen LogP contribution in [0.2, 0.25) is 0 Å². The van der Waals surface area contributed by atoms with E-state index in [1.54, 1.807) is 5.51 Å². The lowest BCUT2D eigenvalue weighted by Gasteiger charge is -2.12. The minimum absolute atomic E-state index is 0.0900. The Bertz CT molecular complexity index is 1010. The highest BCUT2D eigenvalue weighted by Gasteiger charge is 2.29. The number of thiazole rings is 1. The molecule has 4 rings (SSSR count). The lowest BCUT2D eigenvalue weighted by Crippen LogP contribution is -2.27. The van der Waals surface area contributed by atoms with Crippen LogP contribution in [0.3, 0.4) is 0 Å². The summed E-state index contributed by atoms with van der Waals surface area (Å²) < 4.78 is 6.45. The number of hydrogen-bond acceptors (Lipinski definition) is 6. The summed E-state index contributed by atoms with van der Waals surface area (Å²) in [5.74, 6) is 0.626. The van der Waals surface area contributed by atoms with Gasteiger partial charge in [-0.1, -0.05) is 12.1 Å². The Morgan fingerprint density at radius 2 is 2.24 bits per heavy atom. The van der Waals surface area contributed by atoms with Crippen molar-refractivity contribution < 1.29 is 14.3 Å². The van der Waals surface area contributed by atoms with E-state index in [-0.39, 0.29) is 30.4 Å². The average molecular weight is 414 g/mol. The maximum absolute atomic E-state index is 12.5. The van der Waals surface area contributed by atoms with Crippen molar-refractivity contribution in [1.82, 2.24) is 20.5 Å². The molecule has 2 atom stereocenters. The molecule has 1 aliphatic carbocycles. The average Bonchev–Trinajstić information content (AvgIpc) is 3.42. The third-order valence-electron chi connectivity index (χ3n) is 5.07. The van der Waals surface area contributed by atoms with Crippen LogP contribution >= 0.6 is 11.3 Å². The molecule has 2 heterocycles. The van der Waals surface area contributed by atoms with Crippen molar-refractivity contribution in [2.75, 3.05) is 11.9 Å². The number of fused-ring (bicyclic) bond motifs is 1. The molecule has 1 fully saturated rings. The lowest BCUT2D eigenvalue weighted by atomic mass is 10.0. The van der Waals surface area contributed by atoms with Gasteiger partial charge in [-0.3, -0.25) is 9.89 Å². The molecule has 1 aliphatic rings. The summed E-state index contributed by atoms with van der Waals surface area (Å²) >= 11 is 1.54. The fourth-order valence-electron chi connectivity index (χ4n) is 3.72. The number of rotatable bonds is 6. The summed E-state index contributed by atoms with van der Waals surface area (Å²) in [6.07, 6.45) is 2.29. The molecular formula is C20H23N5O3S. The Labute approximate surface area is 172 Å². The van der Waals surface area contributed by atoms with Crippen molar-refractivity contribution in [2.24, 2.45) is 0 Å². The Hall–Kier alpha value is -2.94. The number of nitrogens with zero attached hydrogens (tertiary/aromatic N) is 2. The molecule has 0 aliphatic heterocycles. The van der Waals surface area contributed by atoms with Crippen LogP contribution in [0.5, 0.6) is 0 Å². The van der Waals surface area contributed by atoms with Gasteiger partial charge in [0, 0.05) is 24.2 Å². The van der Waals surface area contributed by atoms with Crippen LogP contribution in [0, 0.1) is 0 Å². The minimum Gasteiger partial charge on any atom is -0.446 e. The third-order valence-corrected chi connectivity index (χ3v) is 5.99. The molecule has 0 bridgehead atoms. The molecule has 1 aromatic carbocycles. The first kappa shape index (κ1) is 19.4. The number of carbonyl (C=O) groups excluding carboxylic acids is 2. The number of alkyl carbamates (subject to hydrolysis) is 1. The van der Waals surface area contributed by atoms with Crippen LogP contribution in [0.25, 0.3) is 10.2 Å². The quantitative estimate of drug-likeness (QED) is 0.572. The molecule has 0 radical (unpaired) electrons. The molecule has 29 heavy (non-hydrogen) atoms. The number of hydrogen-bond donors (Lipinski definition) is 3. The van der Waals surface area contributed by atoms with Crippen LogP contribution in [-0.2, 0) is 16.0 Å². The van der Waals surface area contributed by atoms with Crippen molar-refractivity contribution in [3.8, 4) is 0 Å². The highest BCUT2D eigenvalue weighted by atomic mass is 32.1. The van der Waals surface area contributed by atoms with Crippen molar-refractivity contribution in [2.45, 2.75) is 44.6 Å². The van der Waals surface area contributed by atoms with Gasteiger partial charge in [0.05, 0.1) is 22.1 Å². The Morgan fingerprint density at radius 1 is 1.34 bits per heavy atom. The van der Waals surface area contributed by atoms with E-state index in [4.69, 9.17) is 4.74 Å². The van der Waals surface area contributed by atoms with Gasteiger partial charge in [0.15, 0.2) is 5.82 Å². The number of H-pyrrole nitrogens is 1. The van der Waals surface area contributed by atoms with Crippen LogP contribution in [0.4, 0.5) is 10.6 Å². The van der Waals surface area contributed by atoms with Crippen LogP contribution in [0.1, 0.15) is 43.4 Å². The summed E-state index contributed by atoms with van der Waals surface area (Å²) in [5, 5.41) is 12.7. The van der Waals surface area contributed by atoms with Gasteiger partial charge in [-0.05, 0) is 37.8 Å². The number of amides is 2. The zero-order valence-electron chi connectivity index (χ0n) is 16.1. The van der Waals surface area contributed by atoms with Gasteiger partial charge < -0.3 is 15.4 Å². The number of nitrogens with one attached hydrogen (secondary N) is 3. The van der Waals surface area contributed by atoms with E-state index in [9.17, 15) is 9.59 Å². The van der Waals surface area contributed by atoms with Gasteiger partial charge >= 0.3 is 6.09 Å². The molecule has 8 nitrogen and oxygen atoms in total. The smallest absolute Gasteiger partial charge is 0.407 e. The normalized spacial score (nSPS) is 18.7. The van der Waals surface area contributed by atoms with E-state index in [0.29, 0.717) is 12.4 Å². The molecule has 2 amide bonds. The lowest BCUT2D eigenvalue weighted by molar-refractivity contribution is -0.115. The first-order valence-electron chi connectivity index (χ1n) is 9.73. The number of aromatic nitrogens is 3. The zero-order chi connectivity index (χ0) is 20.2. The fourth-order valence-corrected chi connectivity index (χ4v) is 4.53. The Morgan fingerprint density at radius 3 is 3.10 bits per heavy atom. The zero-order valence-corrected chi connectivity index (χ0v) is 16.9. The second-order valence-electron chi connectivity index (χ2n) is 7.12. The molecule has 152 valence electrons. The number of benzene rings is 1. The second-order valence-corrected chi connectivity index (χ2v) is 7.97. The van der Waals surface area contributed by atoms with Gasteiger partial charge in [0.2, 0.25) is 5.91 Å². The first-order valence-corrected chi connectivity index (χ1v) is 10.6. The summed E-state index contributed by atoms with van der Waals surface area (Å²) in [4.78, 5) is 28.3. The molecule has 3 aromatic rings. The number of anilines is 1. The predicted octanol–water partition coefficient (Wildman–Crippen LogP) is 3.58. The van der Waals surface area contributed by atoms with Crippen LogP contribution < -0.4 is 10.6 Å².